The minimum Gasteiger partial charge on any atom is -0.200 e. The largest absolute Gasteiger partial charge is 0.453 e. The van der Waals surface area contributed by atoms with Crippen LogP contribution < -0.4 is 0 Å². The van der Waals surface area contributed by atoms with Crippen LogP contribution in [0, 0.1) is 0 Å². The van der Waals surface area contributed by atoms with Crippen LogP contribution in [0.15, 0.2) is 0 Å². The van der Waals surface area contributed by atoms with Crippen molar-refractivity contribution in [1.82, 2.24) is 0 Å². The highest BCUT2D eigenvalue weighted by Crippen LogP contribution is 2.45. The summed E-state index contributed by atoms with van der Waals surface area (Å²) in [5.41, 5.74) is 0. The summed E-state index contributed by atoms with van der Waals surface area (Å²) in [7, 11) is 0. The van der Waals surface area contributed by atoms with E-state index in [9.17, 15) is 39.5 Å². The van der Waals surface area contributed by atoms with Gasteiger partial charge in [-0.05, 0) is 0 Å². The number of alkyl halides is 10. The molecule has 0 radical (unpaired) electrons. The summed E-state index contributed by atoms with van der Waals surface area (Å²) in [4.78, 5) is 0. The van der Waals surface area contributed by atoms with Crippen molar-refractivity contribution in [2.24, 2.45) is 0 Å². The molecule has 0 saturated carbocycles. The normalized spacial score (nSPS) is 15.2. The fraction of sp³-hybridized carbons (Fsp3) is 1.00. The smallest absolute Gasteiger partial charge is 0.200 e. The first kappa shape index (κ1) is 17.1. The van der Waals surface area contributed by atoms with Crippen molar-refractivity contribution in [3.05, 3.63) is 0 Å². The van der Waals surface area contributed by atoms with Crippen LogP contribution in [0.5, 0.6) is 0 Å². The maximum atomic E-state index is 12.7. The molecule has 0 saturated heterocycles. The highest BCUT2D eigenvalue weighted by atomic mass is 127. The third kappa shape index (κ3) is 4.05. The molecule has 0 rings (SSSR count). The third-order valence-corrected chi connectivity index (χ3v) is 2.83. The van der Waals surface area contributed by atoms with Crippen LogP contribution in [0.2, 0.25) is 0 Å². The van der Waals surface area contributed by atoms with Gasteiger partial charge in [0.2, 0.25) is 0 Å². The summed E-state index contributed by atoms with van der Waals surface area (Å²) in [6.45, 7) is 0. The Kier molecular flexibility index (Phi) is 5.03. The van der Waals surface area contributed by atoms with E-state index in [0.29, 0.717) is 0 Å². The molecule has 0 N–H and O–H groups in total. The van der Waals surface area contributed by atoms with Crippen molar-refractivity contribution >= 4 is 22.6 Å². The zero-order valence-electron chi connectivity index (χ0n) is 7.90. The molecule has 0 aliphatic carbocycles. The lowest BCUT2D eigenvalue weighted by Gasteiger charge is -2.27. The molecule has 0 amide bonds. The van der Waals surface area contributed by atoms with Gasteiger partial charge in [-0.3, -0.25) is 0 Å². The minimum atomic E-state index is -6.03. The van der Waals surface area contributed by atoms with Gasteiger partial charge in [-0.2, -0.15) is 39.5 Å². The van der Waals surface area contributed by atoms with E-state index in [1.54, 1.807) is 0 Å². The lowest BCUT2D eigenvalue weighted by molar-refractivity contribution is -0.292. The second kappa shape index (κ2) is 5.00. The second-order valence-electron chi connectivity index (χ2n) is 3.24. The Hall–Kier alpha value is 0.1000. The Morgan fingerprint density at radius 1 is 0.588 bits per heavy atom. The van der Waals surface area contributed by atoms with Gasteiger partial charge < -0.3 is 0 Å². The van der Waals surface area contributed by atoms with Gasteiger partial charge in [0.15, 0.2) is 0 Å². The van der Waals surface area contributed by atoms with Gasteiger partial charge in [-0.25, -0.2) is 0 Å². The van der Waals surface area contributed by atoms with Gasteiger partial charge in [0.05, 0.1) is 4.43 Å². The summed E-state index contributed by atoms with van der Waals surface area (Å²) in [6, 6.07) is 0. The Morgan fingerprint density at radius 3 is 1.24 bits per heavy atom. The fourth-order valence-electron chi connectivity index (χ4n) is 0.736. The fourth-order valence-corrected chi connectivity index (χ4v) is 1.29. The SMILES string of the molecule is FC(F)(F)C(F)(F)CCC(F)(F)C(F)(F)CI. The van der Waals surface area contributed by atoms with Crippen LogP contribution in [0.4, 0.5) is 39.5 Å². The molecule has 10 heteroatoms. The van der Waals surface area contributed by atoms with Crippen molar-refractivity contribution in [1.29, 1.82) is 0 Å². The van der Waals surface area contributed by atoms with Crippen LogP contribution in [0.1, 0.15) is 12.8 Å². The molecule has 0 nitrogen and oxygen atoms in total. The molecule has 0 aromatic carbocycles. The van der Waals surface area contributed by atoms with Gasteiger partial charge in [0.1, 0.15) is 0 Å². The van der Waals surface area contributed by atoms with Gasteiger partial charge in [-0.15, -0.1) is 0 Å². The molecule has 0 aromatic rings. The number of rotatable bonds is 5. The lowest BCUT2D eigenvalue weighted by Crippen LogP contribution is -2.45. The minimum absolute atomic E-state index is 0.892. The van der Waals surface area contributed by atoms with E-state index in [0.717, 1.165) is 22.6 Å². The molecule has 0 spiro atoms. The molecule has 104 valence electrons. The van der Waals surface area contributed by atoms with E-state index in [2.05, 4.69) is 0 Å². The van der Waals surface area contributed by atoms with Crippen molar-refractivity contribution in [3.63, 3.8) is 0 Å². The molecule has 0 atom stereocenters. The molecule has 0 aliphatic rings. The molecular formula is C7H6F9I. The average Bonchev–Trinajstić information content (AvgIpc) is 2.13. The lowest BCUT2D eigenvalue weighted by atomic mass is 10.0. The summed E-state index contributed by atoms with van der Waals surface area (Å²) >= 11 is 0.892. The first-order valence-corrected chi connectivity index (χ1v) is 5.55. The molecule has 0 heterocycles. The first-order chi connectivity index (χ1) is 7.27. The zero-order chi connectivity index (χ0) is 14.1. The van der Waals surface area contributed by atoms with Crippen LogP contribution in [0.3, 0.4) is 0 Å². The Labute approximate surface area is 104 Å². The quantitative estimate of drug-likeness (QED) is 0.365. The predicted octanol–water partition coefficient (Wildman–Crippen LogP) is 4.67. The summed E-state index contributed by atoms with van der Waals surface area (Å²) in [6.07, 6.45) is -10.6. The maximum absolute atomic E-state index is 12.7. The molecule has 17 heavy (non-hydrogen) atoms. The van der Waals surface area contributed by atoms with E-state index in [4.69, 9.17) is 0 Å². The zero-order valence-corrected chi connectivity index (χ0v) is 10.1. The topological polar surface area (TPSA) is 0 Å². The van der Waals surface area contributed by atoms with E-state index in [1.807, 2.05) is 0 Å². The molecular weight excluding hydrogens is 382 g/mol. The Bertz CT molecular complexity index is 257. The second-order valence-corrected chi connectivity index (χ2v) is 4.01. The summed E-state index contributed by atoms with van der Waals surface area (Å²) < 4.78 is 108. The number of halogens is 10. The van der Waals surface area contributed by atoms with Gasteiger partial charge in [0.25, 0.3) is 0 Å². The van der Waals surface area contributed by atoms with E-state index < -0.39 is 41.2 Å². The monoisotopic (exact) mass is 388 g/mol. The molecule has 0 unspecified atom stereocenters. The predicted molar refractivity (Wildman–Crippen MR) is 49.0 cm³/mol. The van der Waals surface area contributed by atoms with Gasteiger partial charge in [-0.1, -0.05) is 22.6 Å². The van der Waals surface area contributed by atoms with Gasteiger partial charge >= 0.3 is 23.9 Å². The van der Waals surface area contributed by atoms with Crippen molar-refractivity contribution in [2.45, 2.75) is 36.8 Å². The Morgan fingerprint density at radius 2 is 0.941 bits per heavy atom. The van der Waals surface area contributed by atoms with Crippen LogP contribution >= 0.6 is 22.6 Å². The summed E-state index contributed by atoms with van der Waals surface area (Å²) in [5.74, 6) is -14.9. The van der Waals surface area contributed by atoms with Crippen LogP contribution in [0.25, 0.3) is 0 Å². The van der Waals surface area contributed by atoms with E-state index in [1.165, 1.54) is 0 Å². The molecule has 0 fully saturated rings. The Balaban J connectivity index is 4.69. The van der Waals surface area contributed by atoms with Crippen LogP contribution in [-0.2, 0) is 0 Å². The highest BCUT2D eigenvalue weighted by molar-refractivity contribution is 14.1. The number of hydrogen-bond acceptors (Lipinski definition) is 0. The average molecular weight is 388 g/mol. The maximum Gasteiger partial charge on any atom is 0.453 e. The van der Waals surface area contributed by atoms with Crippen molar-refractivity contribution in [3.8, 4) is 0 Å². The molecule has 0 aliphatic heterocycles. The van der Waals surface area contributed by atoms with Crippen molar-refractivity contribution in [2.75, 3.05) is 4.43 Å². The van der Waals surface area contributed by atoms with Crippen molar-refractivity contribution < 1.29 is 39.5 Å². The summed E-state index contributed by atoms with van der Waals surface area (Å²) in [5, 5.41) is 0. The van der Waals surface area contributed by atoms with E-state index in [-0.39, 0.29) is 0 Å². The van der Waals surface area contributed by atoms with Gasteiger partial charge in [0, 0.05) is 12.8 Å². The molecule has 0 aromatic heterocycles. The van der Waals surface area contributed by atoms with Crippen LogP contribution in [-0.4, -0.2) is 28.4 Å². The standard InChI is InChI=1S/C7H6F9I/c8-4(9,6(12,13)3-17)1-2-5(10,11)7(14,15)16/h1-3H2. The third-order valence-electron chi connectivity index (χ3n) is 1.87. The number of hydrogen-bond donors (Lipinski definition) is 0. The van der Waals surface area contributed by atoms with E-state index >= 15 is 0 Å². The highest BCUT2D eigenvalue weighted by Gasteiger charge is 2.61. The molecule has 0 bridgehead atoms. The first-order valence-electron chi connectivity index (χ1n) is 4.03.